The van der Waals surface area contributed by atoms with Crippen LogP contribution in [0.2, 0.25) is 0 Å². The van der Waals surface area contributed by atoms with E-state index in [2.05, 4.69) is 36.9 Å². The summed E-state index contributed by atoms with van der Waals surface area (Å²) in [6.07, 6.45) is 3.22. The molecule has 0 fully saturated rings. The predicted molar refractivity (Wildman–Crippen MR) is 109 cm³/mol. The van der Waals surface area contributed by atoms with Crippen molar-refractivity contribution in [3.63, 3.8) is 0 Å². The van der Waals surface area contributed by atoms with Crippen LogP contribution in [0.4, 0.5) is 5.69 Å². The summed E-state index contributed by atoms with van der Waals surface area (Å²) in [6.45, 7) is 0. The Morgan fingerprint density at radius 3 is 2.58 bits per heavy atom. The second-order valence-electron chi connectivity index (χ2n) is 5.58. The van der Waals surface area contributed by atoms with E-state index in [1.54, 1.807) is 29.4 Å². The summed E-state index contributed by atoms with van der Waals surface area (Å²) in [5.41, 5.74) is 1.90. The first-order valence-corrected chi connectivity index (χ1v) is 9.41. The van der Waals surface area contributed by atoms with Crippen LogP contribution in [-0.2, 0) is 4.79 Å². The van der Waals surface area contributed by atoms with Gasteiger partial charge in [0, 0.05) is 20.6 Å². The van der Waals surface area contributed by atoms with Gasteiger partial charge >= 0.3 is 0 Å². The monoisotopic (exact) mass is 470 g/mol. The number of anilines is 1. The average Bonchev–Trinajstić information content (AvgIpc) is 3.24. The van der Waals surface area contributed by atoms with E-state index in [0.717, 1.165) is 20.2 Å². The van der Waals surface area contributed by atoms with Crippen LogP contribution < -0.4 is 4.90 Å². The second-order valence-corrected chi connectivity index (χ2v) is 7.35. The van der Waals surface area contributed by atoms with Crippen molar-refractivity contribution in [2.45, 2.75) is 0 Å². The number of nitrogens with zero attached hydrogens (tertiary/aromatic N) is 2. The van der Waals surface area contributed by atoms with E-state index < -0.39 is 0 Å². The van der Waals surface area contributed by atoms with Crippen molar-refractivity contribution in [1.29, 1.82) is 0 Å². The molecule has 3 aromatic rings. The summed E-state index contributed by atoms with van der Waals surface area (Å²) >= 11 is 7.02. The van der Waals surface area contributed by atoms with E-state index >= 15 is 0 Å². The molecule has 0 atom stereocenters. The largest absolute Gasteiger partial charge is 0.465 e. The molecule has 128 valence electrons. The molecule has 1 aliphatic rings. The summed E-state index contributed by atoms with van der Waals surface area (Å²) in [5, 5.41) is 0. The van der Waals surface area contributed by atoms with Crippen molar-refractivity contribution in [2.75, 3.05) is 4.90 Å². The number of benzene rings is 2. The SMILES string of the molecule is O=C1/C(=C\c2ccco2)N=C(c2ccccc2Br)N1c1cccc(Br)c1. The van der Waals surface area contributed by atoms with Gasteiger partial charge in [-0.1, -0.05) is 56.1 Å². The Labute approximate surface area is 167 Å². The fourth-order valence-electron chi connectivity index (χ4n) is 2.70. The van der Waals surface area contributed by atoms with Crippen molar-refractivity contribution >= 4 is 55.4 Å². The first-order chi connectivity index (χ1) is 12.6. The zero-order valence-electron chi connectivity index (χ0n) is 13.4. The van der Waals surface area contributed by atoms with Gasteiger partial charge in [-0.3, -0.25) is 9.69 Å². The number of hydrogen-bond donors (Lipinski definition) is 0. The molecule has 0 saturated heterocycles. The summed E-state index contributed by atoms with van der Waals surface area (Å²) in [7, 11) is 0. The van der Waals surface area contributed by atoms with Crippen molar-refractivity contribution in [3.05, 3.63) is 92.9 Å². The maximum atomic E-state index is 13.1. The number of carbonyl (C=O) groups is 1. The molecular formula is C20H12Br2N2O2. The van der Waals surface area contributed by atoms with Crippen molar-refractivity contribution in [2.24, 2.45) is 4.99 Å². The molecule has 1 amide bonds. The third kappa shape index (κ3) is 3.18. The molecular weight excluding hydrogens is 460 g/mol. The van der Waals surface area contributed by atoms with E-state index in [1.807, 2.05) is 48.5 Å². The molecule has 4 nitrogen and oxygen atoms in total. The molecule has 0 radical (unpaired) electrons. The number of amides is 1. The lowest BCUT2D eigenvalue weighted by atomic mass is 10.2. The van der Waals surface area contributed by atoms with Gasteiger partial charge in [0.25, 0.3) is 5.91 Å². The lowest BCUT2D eigenvalue weighted by molar-refractivity contribution is -0.113. The molecule has 1 aliphatic heterocycles. The molecule has 26 heavy (non-hydrogen) atoms. The highest BCUT2D eigenvalue weighted by molar-refractivity contribution is 9.10. The summed E-state index contributed by atoms with van der Waals surface area (Å²) in [6, 6.07) is 18.8. The topological polar surface area (TPSA) is 45.8 Å². The number of hydrogen-bond acceptors (Lipinski definition) is 3. The molecule has 2 heterocycles. The van der Waals surface area contributed by atoms with Gasteiger partial charge < -0.3 is 4.42 Å². The second kappa shape index (κ2) is 7.05. The predicted octanol–water partition coefficient (Wildman–Crippen LogP) is 5.64. The third-order valence-electron chi connectivity index (χ3n) is 3.86. The molecule has 0 saturated carbocycles. The quantitative estimate of drug-likeness (QED) is 0.464. The van der Waals surface area contributed by atoms with E-state index in [9.17, 15) is 4.79 Å². The van der Waals surface area contributed by atoms with Gasteiger partial charge in [-0.15, -0.1) is 0 Å². The Morgan fingerprint density at radius 2 is 1.85 bits per heavy atom. The number of amidine groups is 1. The highest BCUT2D eigenvalue weighted by atomic mass is 79.9. The normalized spacial score (nSPS) is 15.6. The number of aliphatic imine (C=N–C) groups is 1. The smallest absolute Gasteiger partial charge is 0.282 e. The molecule has 6 heteroatoms. The molecule has 0 bridgehead atoms. The fourth-order valence-corrected chi connectivity index (χ4v) is 3.55. The van der Waals surface area contributed by atoms with E-state index in [-0.39, 0.29) is 5.91 Å². The van der Waals surface area contributed by atoms with E-state index in [0.29, 0.717) is 17.3 Å². The standard InChI is InChI=1S/C20H12Br2N2O2/c21-13-5-3-6-14(11-13)24-19(16-8-1-2-9-17(16)22)23-18(20(24)25)12-15-7-4-10-26-15/h1-12H/b18-12+. The number of carbonyl (C=O) groups excluding carboxylic acids is 1. The van der Waals surface area contributed by atoms with Crippen LogP contribution in [0.15, 0.2) is 91.0 Å². The lowest BCUT2D eigenvalue weighted by Gasteiger charge is -2.19. The third-order valence-corrected chi connectivity index (χ3v) is 5.05. The summed E-state index contributed by atoms with van der Waals surface area (Å²) in [5.74, 6) is 0.948. The van der Waals surface area contributed by atoms with E-state index in [1.165, 1.54) is 0 Å². The average molecular weight is 472 g/mol. The van der Waals surface area contributed by atoms with Crippen LogP contribution in [0.1, 0.15) is 11.3 Å². The van der Waals surface area contributed by atoms with Crippen molar-refractivity contribution < 1.29 is 9.21 Å². The van der Waals surface area contributed by atoms with Gasteiger partial charge in [-0.25, -0.2) is 4.99 Å². The zero-order chi connectivity index (χ0) is 18.1. The maximum Gasteiger partial charge on any atom is 0.282 e. The van der Waals surface area contributed by atoms with Crippen LogP contribution in [0.5, 0.6) is 0 Å². The Bertz CT molecular complexity index is 1040. The molecule has 0 aliphatic carbocycles. The van der Waals surface area contributed by atoms with Crippen LogP contribution in [-0.4, -0.2) is 11.7 Å². The first kappa shape index (κ1) is 17.0. The van der Waals surface area contributed by atoms with Gasteiger partial charge in [0.1, 0.15) is 17.3 Å². The van der Waals surface area contributed by atoms with Crippen molar-refractivity contribution in [1.82, 2.24) is 0 Å². The highest BCUT2D eigenvalue weighted by Crippen LogP contribution is 2.31. The minimum atomic E-state index is -0.203. The Balaban J connectivity index is 1.87. The van der Waals surface area contributed by atoms with Crippen LogP contribution in [0, 0.1) is 0 Å². The molecule has 0 spiro atoms. The van der Waals surface area contributed by atoms with Crippen LogP contribution >= 0.6 is 31.9 Å². The summed E-state index contributed by atoms with van der Waals surface area (Å²) < 4.78 is 7.09. The molecule has 4 rings (SSSR count). The number of halogens is 2. The minimum absolute atomic E-state index is 0.203. The van der Waals surface area contributed by atoms with Crippen LogP contribution in [0.25, 0.3) is 6.08 Å². The molecule has 0 unspecified atom stereocenters. The lowest BCUT2D eigenvalue weighted by Crippen LogP contribution is -2.32. The van der Waals surface area contributed by atoms with Crippen LogP contribution in [0.3, 0.4) is 0 Å². The van der Waals surface area contributed by atoms with Gasteiger partial charge in [-0.2, -0.15) is 0 Å². The molecule has 1 aromatic heterocycles. The Hall–Kier alpha value is -2.44. The Morgan fingerprint density at radius 1 is 1.00 bits per heavy atom. The van der Waals surface area contributed by atoms with Gasteiger partial charge in [0.15, 0.2) is 0 Å². The maximum absolute atomic E-state index is 13.1. The molecule has 0 N–H and O–H groups in total. The first-order valence-electron chi connectivity index (χ1n) is 7.82. The summed E-state index contributed by atoms with van der Waals surface area (Å²) in [4.78, 5) is 19.3. The zero-order valence-corrected chi connectivity index (χ0v) is 16.6. The van der Waals surface area contributed by atoms with Gasteiger partial charge in [0.05, 0.1) is 12.0 Å². The van der Waals surface area contributed by atoms with Crippen molar-refractivity contribution in [3.8, 4) is 0 Å². The molecule has 2 aromatic carbocycles. The fraction of sp³-hybridized carbons (Fsp3) is 0. The Kier molecular flexibility index (Phi) is 4.61. The van der Waals surface area contributed by atoms with Gasteiger partial charge in [0.2, 0.25) is 0 Å². The minimum Gasteiger partial charge on any atom is -0.465 e. The highest BCUT2D eigenvalue weighted by Gasteiger charge is 2.33. The van der Waals surface area contributed by atoms with Gasteiger partial charge in [-0.05, 0) is 36.4 Å². The van der Waals surface area contributed by atoms with E-state index in [4.69, 9.17) is 4.42 Å². The number of furan rings is 1. The number of rotatable bonds is 3.